The van der Waals surface area contributed by atoms with E-state index in [4.69, 9.17) is 4.74 Å². The third kappa shape index (κ3) is 3.00. The first-order valence-electron chi connectivity index (χ1n) is 8.27. The molecule has 0 saturated heterocycles. The highest BCUT2D eigenvalue weighted by Gasteiger charge is 2.29. The summed E-state index contributed by atoms with van der Waals surface area (Å²) >= 11 is 0. The lowest BCUT2D eigenvalue weighted by atomic mass is 9.94. The Hall–Kier alpha value is -3.09. The number of para-hydroxylation sites is 1. The van der Waals surface area contributed by atoms with Crippen LogP contribution in [0.4, 0.5) is 4.79 Å². The fraction of sp³-hybridized carbons (Fsp3) is 0.278. The van der Waals surface area contributed by atoms with Crippen LogP contribution in [0.25, 0.3) is 5.65 Å². The van der Waals surface area contributed by atoms with Crippen molar-refractivity contribution in [2.45, 2.75) is 25.4 Å². The molecule has 7 nitrogen and oxygen atoms in total. The van der Waals surface area contributed by atoms with Crippen LogP contribution >= 0.6 is 0 Å². The molecule has 2 aromatic heterocycles. The van der Waals surface area contributed by atoms with E-state index >= 15 is 0 Å². The minimum atomic E-state index is -0.232. The minimum Gasteiger partial charge on any atom is -0.493 e. The molecule has 1 aliphatic rings. The van der Waals surface area contributed by atoms with Crippen LogP contribution < -0.4 is 15.4 Å². The maximum atomic E-state index is 12.2. The predicted molar refractivity (Wildman–Crippen MR) is 92.5 cm³/mol. The van der Waals surface area contributed by atoms with Crippen LogP contribution in [0.5, 0.6) is 5.75 Å². The van der Waals surface area contributed by atoms with Crippen LogP contribution in [0.3, 0.4) is 0 Å². The second-order valence-electron chi connectivity index (χ2n) is 6.12. The highest BCUT2D eigenvalue weighted by molar-refractivity contribution is 5.74. The normalized spacial score (nSPS) is 16.9. The smallest absolute Gasteiger partial charge is 0.315 e. The molecule has 0 unspecified atom stereocenters. The van der Waals surface area contributed by atoms with Gasteiger partial charge in [-0.3, -0.25) is 4.40 Å². The molecule has 128 valence electrons. The number of aromatic nitrogens is 3. The van der Waals surface area contributed by atoms with Crippen molar-refractivity contribution in [1.82, 2.24) is 25.2 Å². The monoisotopic (exact) mass is 337 g/mol. The van der Waals surface area contributed by atoms with Gasteiger partial charge < -0.3 is 15.4 Å². The summed E-state index contributed by atoms with van der Waals surface area (Å²) in [5.74, 6) is 1.74. The fourth-order valence-corrected chi connectivity index (χ4v) is 3.13. The topological polar surface area (TPSA) is 80.5 Å². The van der Waals surface area contributed by atoms with Gasteiger partial charge in [0.15, 0.2) is 11.5 Å². The van der Waals surface area contributed by atoms with E-state index in [1.54, 1.807) is 0 Å². The number of pyridine rings is 1. The van der Waals surface area contributed by atoms with Crippen molar-refractivity contribution in [1.29, 1.82) is 0 Å². The maximum Gasteiger partial charge on any atom is 0.315 e. The zero-order chi connectivity index (χ0) is 17.2. The minimum absolute atomic E-state index is 0.0428. The summed E-state index contributed by atoms with van der Waals surface area (Å²) < 4.78 is 7.54. The summed E-state index contributed by atoms with van der Waals surface area (Å²) in [6.45, 7) is 2.87. The Labute approximate surface area is 145 Å². The number of ether oxygens (including phenoxy) is 1. The molecule has 0 spiro atoms. The first-order valence-corrected chi connectivity index (χ1v) is 8.27. The van der Waals surface area contributed by atoms with Gasteiger partial charge in [-0.25, -0.2) is 4.79 Å². The van der Waals surface area contributed by atoms with Crippen molar-refractivity contribution < 1.29 is 9.53 Å². The molecule has 1 aromatic carbocycles. The van der Waals surface area contributed by atoms with Crippen molar-refractivity contribution in [2.75, 3.05) is 6.61 Å². The van der Waals surface area contributed by atoms with Gasteiger partial charge in [0.25, 0.3) is 0 Å². The molecule has 0 aliphatic carbocycles. The van der Waals surface area contributed by atoms with Crippen LogP contribution in [-0.2, 0) is 6.54 Å². The molecular weight excluding hydrogens is 318 g/mol. The summed E-state index contributed by atoms with van der Waals surface area (Å²) in [5.41, 5.74) is 1.89. The molecule has 0 bridgehead atoms. The van der Waals surface area contributed by atoms with E-state index < -0.39 is 0 Å². The van der Waals surface area contributed by atoms with E-state index in [-0.39, 0.29) is 18.0 Å². The average Bonchev–Trinajstić information content (AvgIpc) is 3.24. The lowest BCUT2D eigenvalue weighted by molar-refractivity contribution is 0.232. The number of rotatable bonds is 4. The molecule has 7 heteroatoms. The molecule has 25 heavy (non-hydrogen) atoms. The Morgan fingerprint density at radius 3 is 3.04 bits per heavy atom. The number of hydrogen-bond donors (Lipinski definition) is 2. The van der Waals surface area contributed by atoms with E-state index in [0.29, 0.717) is 19.0 Å². The average molecular weight is 337 g/mol. The second kappa shape index (κ2) is 6.43. The molecule has 0 saturated carbocycles. The van der Waals surface area contributed by atoms with Gasteiger partial charge in [-0.15, -0.1) is 10.2 Å². The summed E-state index contributed by atoms with van der Waals surface area (Å²) in [6.07, 6.45) is 1.87. The van der Waals surface area contributed by atoms with Crippen molar-refractivity contribution in [3.8, 4) is 5.75 Å². The molecule has 3 aromatic rings. The van der Waals surface area contributed by atoms with E-state index in [0.717, 1.165) is 17.0 Å². The molecule has 3 heterocycles. The number of carbonyl (C=O) groups is 1. The summed E-state index contributed by atoms with van der Waals surface area (Å²) in [4.78, 5) is 12.2. The van der Waals surface area contributed by atoms with Crippen LogP contribution in [0.2, 0.25) is 0 Å². The number of nitrogens with zero attached hydrogens (tertiary/aromatic N) is 3. The van der Waals surface area contributed by atoms with Gasteiger partial charge in [-0.1, -0.05) is 24.3 Å². The first-order chi connectivity index (χ1) is 12.2. The van der Waals surface area contributed by atoms with E-state index in [9.17, 15) is 4.79 Å². The van der Waals surface area contributed by atoms with E-state index in [2.05, 4.69) is 20.8 Å². The van der Waals surface area contributed by atoms with Gasteiger partial charge in [0.2, 0.25) is 0 Å². The zero-order valence-corrected chi connectivity index (χ0v) is 13.8. The predicted octanol–water partition coefficient (Wildman–Crippen LogP) is 2.09. The molecule has 4 rings (SSSR count). The third-order valence-electron chi connectivity index (χ3n) is 4.49. The lowest BCUT2D eigenvalue weighted by Crippen LogP contribution is -2.43. The van der Waals surface area contributed by atoms with Crippen molar-refractivity contribution >= 4 is 11.7 Å². The van der Waals surface area contributed by atoms with Gasteiger partial charge in [-0.2, -0.15) is 0 Å². The number of carbonyl (C=O) groups excluding carboxylic acids is 1. The molecular formula is C18H19N5O2. The van der Waals surface area contributed by atoms with Crippen molar-refractivity contribution in [2.24, 2.45) is 0 Å². The van der Waals surface area contributed by atoms with E-state index in [1.807, 2.05) is 60.0 Å². The Morgan fingerprint density at radius 2 is 2.12 bits per heavy atom. The highest BCUT2D eigenvalue weighted by Crippen LogP contribution is 2.35. The number of amides is 2. The Balaban J connectivity index is 1.36. The van der Waals surface area contributed by atoms with Crippen LogP contribution in [0.15, 0.2) is 48.7 Å². The number of nitrogens with one attached hydrogen (secondary N) is 2. The Bertz CT molecular complexity index is 907. The number of hydrogen-bond acceptors (Lipinski definition) is 4. The second-order valence-corrected chi connectivity index (χ2v) is 6.12. The largest absolute Gasteiger partial charge is 0.493 e. The lowest BCUT2D eigenvalue weighted by Gasteiger charge is -2.20. The fourth-order valence-electron chi connectivity index (χ4n) is 3.13. The number of urea groups is 1. The number of fused-ring (bicyclic) bond motifs is 2. The van der Waals surface area contributed by atoms with Gasteiger partial charge >= 0.3 is 6.03 Å². The Morgan fingerprint density at radius 1 is 1.28 bits per heavy atom. The van der Waals surface area contributed by atoms with E-state index in [1.165, 1.54) is 0 Å². The highest BCUT2D eigenvalue weighted by atomic mass is 16.5. The van der Waals surface area contributed by atoms with Gasteiger partial charge in [0.05, 0.1) is 13.2 Å². The summed E-state index contributed by atoms with van der Waals surface area (Å²) in [7, 11) is 0. The Kier molecular flexibility index (Phi) is 3.97. The van der Waals surface area contributed by atoms with Crippen molar-refractivity contribution in [3.63, 3.8) is 0 Å². The molecule has 1 aliphatic heterocycles. The van der Waals surface area contributed by atoms with Crippen LogP contribution in [0, 0.1) is 0 Å². The maximum absolute atomic E-state index is 12.2. The summed E-state index contributed by atoms with van der Waals surface area (Å²) in [6, 6.07) is 13.3. The standard InChI is InChI=1S/C18H19N5O2/c1-12(14-11-25-15-7-3-2-6-13(14)15)20-18(24)19-10-17-22-21-16-8-4-5-9-23(16)17/h2-9,12,14H,10-11H2,1H3,(H2,19,20,24)/t12-,14+/m0/s1. The third-order valence-corrected chi connectivity index (χ3v) is 4.49. The first kappa shape index (κ1) is 15.4. The van der Waals surface area contributed by atoms with Crippen LogP contribution in [0.1, 0.15) is 24.2 Å². The van der Waals surface area contributed by atoms with Gasteiger partial charge in [0, 0.05) is 23.7 Å². The molecule has 2 atom stereocenters. The SMILES string of the molecule is C[C@H](NC(=O)NCc1nnc2ccccn12)[C@H]1COc2ccccc21. The van der Waals surface area contributed by atoms with Gasteiger partial charge in [0.1, 0.15) is 5.75 Å². The van der Waals surface area contributed by atoms with Crippen molar-refractivity contribution in [3.05, 3.63) is 60.0 Å². The molecule has 0 fully saturated rings. The van der Waals surface area contributed by atoms with Gasteiger partial charge in [-0.05, 0) is 25.1 Å². The number of benzene rings is 1. The summed E-state index contributed by atoms with van der Waals surface area (Å²) in [5, 5.41) is 14.0. The zero-order valence-electron chi connectivity index (χ0n) is 13.8. The van der Waals surface area contributed by atoms with Crippen LogP contribution in [-0.4, -0.2) is 33.3 Å². The molecule has 2 amide bonds. The molecule has 0 radical (unpaired) electrons. The quantitative estimate of drug-likeness (QED) is 0.764. The molecule has 2 N–H and O–H groups in total.